The zero-order valence-corrected chi connectivity index (χ0v) is 17.5. The van der Waals surface area contributed by atoms with Crippen molar-refractivity contribution in [3.63, 3.8) is 0 Å². The third-order valence-electron chi connectivity index (χ3n) is 4.90. The summed E-state index contributed by atoms with van der Waals surface area (Å²) in [6.07, 6.45) is 2.74. The predicted molar refractivity (Wildman–Crippen MR) is 111 cm³/mol. The smallest absolute Gasteiger partial charge is 0.253 e. The number of carbonyl (C=O) groups excluding carboxylic acids is 2. The summed E-state index contributed by atoms with van der Waals surface area (Å²) in [4.78, 5) is 26.1. The van der Waals surface area contributed by atoms with Crippen LogP contribution in [0.4, 0.5) is 5.69 Å². The van der Waals surface area contributed by atoms with Crippen LogP contribution in [0.25, 0.3) is 0 Å². The van der Waals surface area contributed by atoms with Gasteiger partial charge in [0.15, 0.2) is 0 Å². The predicted octanol–water partition coefficient (Wildman–Crippen LogP) is 3.17. The highest BCUT2D eigenvalue weighted by molar-refractivity contribution is 5.97. The highest BCUT2D eigenvalue weighted by Crippen LogP contribution is 2.28. The molecule has 0 spiro atoms. The molecule has 0 bridgehead atoms. The number of amides is 2. The molecule has 1 fully saturated rings. The lowest BCUT2D eigenvalue weighted by atomic mass is 9.84. The standard InChI is InChI=1S/C20H31N3O3.ClH/c1-5-26-18-13-16(20(25)23(3)4)6-7-17(18)22-19(24)12-14(2)15-8-10-21-11-9-15;/h6-7,13-15,21H,5,8-12H2,1-4H3,(H,22,24);1H. The Morgan fingerprint density at radius 3 is 2.56 bits per heavy atom. The minimum atomic E-state index is -0.0941. The van der Waals surface area contributed by atoms with Crippen LogP contribution in [-0.2, 0) is 4.79 Å². The minimum absolute atomic E-state index is 0. The average molecular weight is 398 g/mol. The normalized spacial score (nSPS) is 15.4. The van der Waals surface area contributed by atoms with Gasteiger partial charge in [0, 0.05) is 26.1 Å². The van der Waals surface area contributed by atoms with Gasteiger partial charge in [-0.3, -0.25) is 9.59 Å². The lowest BCUT2D eigenvalue weighted by molar-refractivity contribution is -0.117. The lowest BCUT2D eigenvalue weighted by Crippen LogP contribution is -2.32. The molecule has 0 radical (unpaired) electrons. The topological polar surface area (TPSA) is 70.7 Å². The number of piperidine rings is 1. The zero-order chi connectivity index (χ0) is 19.1. The summed E-state index contributed by atoms with van der Waals surface area (Å²) in [5, 5.41) is 6.31. The Bertz CT molecular complexity index is 631. The minimum Gasteiger partial charge on any atom is -0.492 e. The second-order valence-corrected chi connectivity index (χ2v) is 7.16. The number of nitrogens with zero attached hydrogens (tertiary/aromatic N) is 1. The van der Waals surface area contributed by atoms with E-state index in [1.54, 1.807) is 32.3 Å². The van der Waals surface area contributed by atoms with E-state index >= 15 is 0 Å². The summed E-state index contributed by atoms with van der Waals surface area (Å²) in [5.41, 5.74) is 1.16. The van der Waals surface area contributed by atoms with Crippen LogP contribution in [0, 0.1) is 11.8 Å². The molecule has 1 heterocycles. The van der Waals surface area contributed by atoms with E-state index in [0.717, 1.165) is 25.9 Å². The number of carbonyl (C=O) groups is 2. The summed E-state index contributed by atoms with van der Waals surface area (Å²) in [6, 6.07) is 5.16. The van der Waals surface area contributed by atoms with Crippen LogP contribution in [0.3, 0.4) is 0 Å². The number of hydrogen-bond acceptors (Lipinski definition) is 4. The van der Waals surface area contributed by atoms with Crippen LogP contribution in [0.1, 0.15) is 43.5 Å². The van der Waals surface area contributed by atoms with Gasteiger partial charge in [-0.05, 0) is 62.9 Å². The van der Waals surface area contributed by atoms with Crippen LogP contribution < -0.4 is 15.4 Å². The molecule has 2 rings (SSSR count). The van der Waals surface area contributed by atoms with Crippen molar-refractivity contribution in [2.45, 2.75) is 33.1 Å². The number of nitrogens with one attached hydrogen (secondary N) is 2. The molecule has 2 amide bonds. The summed E-state index contributed by atoms with van der Waals surface area (Å²) in [5.74, 6) is 1.37. The Kier molecular flexibility index (Phi) is 9.60. The van der Waals surface area contributed by atoms with Crippen molar-refractivity contribution in [3.05, 3.63) is 23.8 Å². The van der Waals surface area contributed by atoms with Crippen molar-refractivity contribution in [3.8, 4) is 5.75 Å². The Hall–Kier alpha value is -1.79. The summed E-state index contributed by atoms with van der Waals surface area (Å²) in [7, 11) is 3.42. The maximum absolute atomic E-state index is 12.5. The first kappa shape index (κ1) is 23.2. The van der Waals surface area contributed by atoms with Gasteiger partial charge in [0.25, 0.3) is 5.91 Å². The van der Waals surface area contributed by atoms with Crippen LogP contribution in [0.5, 0.6) is 5.75 Å². The van der Waals surface area contributed by atoms with E-state index in [-0.39, 0.29) is 24.2 Å². The third-order valence-corrected chi connectivity index (χ3v) is 4.90. The molecule has 2 N–H and O–H groups in total. The van der Waals surface area contributed by atoms with E-state index < -0.39 is 0 Å². The molecule has 6 nitrogen and oxygen atoms in total. The Balaban J connectivity index is 0.00000364. The first-order valence-corrected chi connectivity index (χ1v) is 9.41. The molecule has 7 heteroatoms. The van der Waals surface area contributed by atoms with E-state index in [4.69, 9.17) is 4.74 Å². The van der Waals surface area contributed by atoms with Crippen molar-refractivity contribution in [1.29, 1.82) is 0 Å². The van der Waals surface area contributed by atoms with Crippen molar-refractivity contribution >= 4 is 29.9 Å². The van der Waals surface area contributed by atoms with Crippen molar-refractivity contribution < 1.29 is 14.3 Å². The molecule has 0 aliphatic carbocycles. The Labute approximate surface area is 168 Å². The third kappa shape index (κ3) is 6.70. The Morgan fingerprint density at radius 1 is 1.30 bits per heavy atom. The fourth-order valence-corrected chi connectivity index (χ4v) is 3.37. The second kappa shape index (κ2) is 11.1. The van der Waals surface area contributed by atoms with Gasteiger partial charge in [-0.25, -0.2) is 0 Å². The van der Waals surface area contributed by atoms with Crippen molar-refractivity contribution in [2.24, 2.45) is 11.8 Å². The van der Waals surface area contributed by atoms with Gasteiger partial charge in [-0.2, -0.15) is 0 Å². The molecule has 0 saturated carbocycles. The molecular formula is C20H32ClN3O3. The summed E-state index contributed by atoms with van der Waals surface area (Å²) < 4.78 is 5.64. The molecule has 0 aromatic heterocycles. The number of hydrogen-bond donors (Lipinski definition) is 2. The molecule has 1 aliphatic heterocycles. The van der Waals surface area contributed by atoms with Crippen LogP contribution in [-0.4, -0.2) is 50.5 Å². The summed E-state index contributed by atoms with van der Waals surface area (Å²) >= 11 is 0. The lowest BCUT2D eigenvalue weighted by Gasteiger charge is -2.28. The molecule has 27 heavy (non-hydrogen) atoms. The van der Waals surface area contributed by atoms with Crippen molar-refractivity contribution in [2.75, 3.05) is 39.1 Å². The van der Waals surface area contributed by atoms with Crippen molar-refractivity contribution in [1.82, 2.24) is 10.2 Å². The van der Waals surface area contributed by atoms with Gasteiger partial charge in [0.05, 0.1) is 12.3 Å². The molecular weight excluding hydrogens is 366 g/mol. The number of ether oxygens (including phenoxy) is 1. The van der Waals surface area contributed by atoms with Gasteiger partial charge >= 0.3 is 0 Å². The van der Waals surface area contributed by atoms with Crippen LogP contribution >= 0.6 is 12.4 Å². The maximum Gasteiger partial charge on any atom is 0.253 e. The SMILES string of the molecule is CCOc1cc(C(=O)N(C)C)ccc1NC(=O)CC(C)C1CCNCC1.Cl. The summed E-state index contributed by atoms with van der Waals surface area (Å²) in [6.45, 7) is 6.57. The van der Waals surface area contributed by atoms with E-state index in [0.29, 0.717) is 41.9 Å². The molecule has 1 saturated heterocycles. The van der Waals surface area contributed by atoms with Gasteiger partial charge in [0.2, 0.25) is 5.91 Å². The number of halogens is 1. The first-order chi connectivity index (χ1) is 12.4. The first-order valence-electron chi connectivity index (χ1n) is 9.41. The van der Waals surface area contributed by atoms with Gasteiger partial charge in [0.1, 0.15) is 5.75 Å². The average Bonchev–Trinajstić information content (AvgIpc) is 2.63. The fourth-order valence-electron chi connectivity index (χ4n) is 3.37. The molecule has 1 aliphatic rings. The van der Waals surface area contributed by atoms with E-state index in [1.165, 1.54) is 4.90 Å². The van der Waals surface area contributed by atoms with Gasteiger partial charge < -0.3 is 20.3 Å². The van der Waals surface area contributed by atoms with E-state index in [1.807, 2.05) is 6.92 Å². The van der Waals surface area contributed by atoms with Crippen LogP contribution in [0.2, 0.25) is 0 Å². The highest BCUT2D eigenvalue weighted by Gasteiger charge is 2.22. The number of rotatable bonds is 7. The van der Waals surface area contributed by atoms with Crippen LogP contribution in [0.15, 0.2) is 18.2 Å². The van der Waals surface area contributed by atoms with Gasteiger partial charge in [-0.1, -0.05) is 6.92 Å². The molecule has 1 aromatic rings. The monoisotopic (exact) mass is 397 g/mol. The fraction of sp³-hybridized carbons (Fsp3) is 0.600. The number of anilines is 1. The maximum atomic E-state index is 12.5. The largest absolute Gasteiger partial charge is 0.492 e. The van der Waals surface area contributed by atoms with E-state index in [2.05, 4.69) is 17.6 Å². The molecule has 1 atom stereocenters. The molecule has 1 aromatic carbocycles. The zero-order valence-electron chi connectivity index (χ0n) is 16.7. The Morgan fingerprint density at radius 2 is 1.96 bits per heavy atom. The molecule has 1 unspecified atom stereocenters. The van der Waals surface area contributed by atoms with Gasteiger partial charge in [-0.15, -0.1) is 12.4 Å². The van der Waals surface area contributed by atoms with E-state index in [9.17, 15) is 9.59 Å². The quantitative estimate of drug-likeness (QED) is 0.741. The number of benzene rings is 1. The second-order valence-electron chi connectivity index (χ2n) is 7.16. The molecule has 152 valence electrons. The highest BCUT2D eigenvalue weighted by atomic mass is 35.5.